The molecule has 0 atom stereocenters. The average Bonchev–Trinajstić information content (AvgIpc) is 3.56. The molecule has 2 aromatic heterocycles. The van der Waals surface area contributed by atoms with Gasteiger partial charge in [-0.15, -0.1) is 0 Å². The summed E-state index contributed by atoms with van der Waals surface area (Å²) in [6.45, 7) is 14.3. The number of hydrogen-bond acceptors (Lipinski definition) is 7. The molecule has 3 aromatic carbocycles. The SMILES string of the molecule is CCOC(=O)c1c(CCCOc2cccc3ccccc23)c2cccc(-c3c(C)nn(CCOC)c3C)c2n1CCCN(C)C(=O)OC(C)(C)C. The Morgan fingerprint density at radius 1 is 0.902 bits per heavy atom. The summed E-state index contributed by atoms with van der Waals surface area (Å²) >= 11 is 0. The van der Waals surface area contributed by atoms with Crippen molar-refractivity contribution in [2.24, 2.45) is 0 Å². The Morgan fingerprint density at radius 2 is 1.63 bits per heavy atom. The number of amides is 1. The molecule has 10 nitrogen and oxygen atoms in total. The van der Waals surface area contributed by atoms with Gasteiger partial charge in [-0.2, -0.15) is 5.10 Å². The summed E-state index contributed by atoms with van der Waals surface area (Å²) in [7, 11) is 3.42. The Balaban J connectivity index is 1.55. The average molecular weight is 697 g/mol. The molecule has 10 heteroatoms. The Hall–Kier alpha value is -4.83. The van der Waals surface area contributed by atoms with Crippen LogP contribution in [-0.4, -0.2) is 77.4 Å². The van der Waals surface area contributed by atoms with E-state index in [9.17, 15) is 9.59 Å². The van der Waals surface area contributed by atoms with Gasteiger partial charge in [-0.3, -0.25) is 4.68 Å². The minimum Gasteiger partial charge on any atom is -0.493 e. The van der Waals surface area contributed by atoms with Gasteiger partial charge < -0.3 is 28.4 Å². The molecule has 0 aliphatic carbocycles. The van der Waals surface area contributed by atoms with Gasteiger partial charge in [0.1, 0.15) is 17.0 Å². The summed E-state index contributed by atoms with van der Waals surface area (Å²) in [6.07, 6.45) is 1.50. The van der Waals surface area contributed by atoms with E-state index in [1.54, 1.807) is 19.1 Å². The summed E-state index contributed by atoms with van der Waals surface area (Å²) in [6, 6.07) is 20.5. The van der Waals surface area contributed by atoms with E-state index in [2.05, 4.69) is 47.9 Å². The number of esters is 1. The van der Waals surface area contributed by atoms with E-state index >= 15 is 0 Å². The van der Waals surface area contributed by atoms with Crippen molar-refractivity contribution >= 4 is 33.7 Å². The maximum atomic E-state index is 13.9. The van der Waals surface area contributed by atoms with Gasteiger partial charge >= 0.3 is 12.1 Å². The molecule has 0 aliphatic rings. The molecule has 0 aliphatic heterocycles. The van der Waals surface area contributed by atoms with Crippen LogP contribution in [-0.2, 0) is 33.7 Å². The molecule has 0 fully saturated rings. The molecule has 0 N–H and O–H groups in total. The molecule has 0 spiro atoms. The lowest BCUT2D eigenvalue weighted by Crippen LogP contribution is -2.35. The number of rotatable bonds is 15. The van der Waals surface area contributed by atoms with Crippen LogP contribution in [0.5, 0.6) is 5.75 Å². The quantitative estimate of drug-likeness (QED) is 0.0802. The third-order valence-electron chi connectivity index (χ3n) is 8.97. The Kier molecular flexibility index (Phi) is 12.1. The smallest absolute Gasteiger partial charge is 0.410 e. The Bertz CT molecular complexity index is 1980. The van der Waals surface area contributed by atoms with Crippen LogP contribution in [0.2, 0.25) is 0 Å². The van der Waals surface area contributed by atoms with Crippen molar-refractivity contribution in [1.29, 1.82) is 0 Å². The first-order valence-electron chi connectivity index (χ1n) is 17.8. The number of carbonyl (C=O) groups is 2. The van der Waals surface area contributed by atoms with Crippen LogP contribution in [0.3, 0.4) is 0 Å². The van der Waals surface area contributed by atoms with Crippen molar-refractivity contribution in [3.63, 3.8) is 0 Å². The third-order valence-corrected chi connectivity index (χ3v) is 8.97. The first kappa shape index (κ1) is 37.4. The van der Waals surface area contributed by atoms with Crippen LogP contribution in [0.25, 0.3) is 32.8 Å². The molecule has 5 aromatic rings. The molecule has 0 radical (unpaired) electrons. The fraction of sp³-hybridized carbons (Fsp3) is 0.439. The molecular formula is C41H52N4O6. The van der Waals surface area contributed by atoms with Crippen LogP contribution in [0.15, 0.2) is 60.7 Å². The van der Waals surface area contributed by atoms with E-state index in [1.165, 1.54) is 0 Å². The molecule has 2 heterocycles. The van der Waals surface area contributed by atoms with E-state index in [1.807, 2.05) is 63.6 Å². The molecule has 0 saturated carbocycles. The van der Waals surface area contributed by atoms with E-state index in [0.29, 0.717) is 57.8 Å². The van der Waals surface area contributed by atoms with Gasteiger partial charge in [0.15, 0.2) is 0 Å². The highest BCUT2D eigenvalue weighted by atomic mass is 16.6. The summed E-state index contributed by atoms with van der Waals surface area (Å²) < 4.78 is 27.1. The molecule has 0 bridgehead atoms. The van der Waals surface area contributed by atoms with Gasteiger partial charge in [-0.05, 0) is 77.8 Å². The molecule has 5 rings (SSSR count). The van der Waals surface area contributed by atoms with Crippen LogP contribution in [0.4, 0.5) is 4.79 Å². The van der Waals surface area contributed by atoms with Crippen molar-refractivity contribution < 1.29 is 28.5 Å². The second kappa shape index (κ2) is 16.5. The number of aryl methyl sites for hydroxylation is 3. The van der Waals surface area contributed by atoms with Crippen LogP contribution < -0.4 is 4.74 Å². The second-order valence-corrected chi connectivity index (χ2v) is 13.8. The number of methoxy groups -OCH3 is 1. The largest absolute Gasteiger partial charge is 0.493 e. The van der Waals surface area contributed by atoms with Crippen LogP contribution in [0, 0.1) is 13.8 Å². The van der Waals surface area contributed by atoms with Gasteiger partial charge in [0, 0.05) is 54.8 Å². The highest BCUT2D eigenvalue weighted by molar-refractivity contribution is 6.05. The molecular weight excluding hydrogens is 644 g/mol. The zero-order valence-electron chi connectivity index (χ0n) is 31.4. The molecule has 0 saturated heterocycles. The molecule has 272 valence electrons. The van der Waals surface area contributed by atoms with Crippen molar-refractivity contribution in [3.8, 4) is 16.9 Å². The van der Waals surface area contributed by atoms with Crippen molar-refractivity contribution in [1.82, 2.24) is 19.2 Å². The monoisotopic (exact) mass is 696 g/mol. The number of fused-ring (bicyclic) bond motifs is 2. The molecule has 51 heavy (non-hydrogen) atoms. The van der Waals surface area contributed by atoms with Gasteiger partial charge in [0.25, 0.3) is 0 Å². The first-order valence-corrected chi connectivity index (χ1v) is 17.8. The fourth-order valence-corrected chi connectivity index (χ4v) is 6.72. The highest BCUT2D eigenvalue weighted by Gasteiger charge is 2.28. The number of hydrogen-bond donors (Lipinski definition) is 0. The number of benzene rings is 3. The Labute approximate surface area is 301 Å². The van der Waals surface area contributed by atoms with E-state index in [0.717, 1.165) is 55.5 Å². The normalized spacial score (nSPS) is 11.7. The number of aromatic nitrogens is 3. The van der Waals surface area contributed by atoms with Crippen LogP contribution >= 0.6 is 0 Å². The zero-order valence-corrected chi connectivity index (χ0v) is 31.4. The zero-order chi connectivity index (χ0) is 36.7. The van der Waals surface area contributed by atoms with Gasteiger partial charge in [-0.25, -0.2) is 9.59 Å². The number of carbonyl (C=O) groups excluding carboxylic acids is 2. The maximum Gasteiger partial charge on any atom is 0.410 e. The fourth-order valence-electron chi connectivity index (χ4n) is 6.72. The van der Waals surface area contributed by atoms with Gasteiger partial charge in [-0.1, -0.05) is 54.6 Å². The van der Waals surface area contributed by atoms with Crippen molar-refractivity contribution in [2.75, 3.05) is 40.5 Å². The lowest BCUT2D eigenvalue weighted by molar-refractivity contribution is 0.0294. The number of ether oxygens (including phenoxy) is 4. The van der Waals surface area contributed by atoms with Crippen LogP contribution in [0.1, 0.15) is 68.0 Å². The van der Waals surface area contributed by atoms with Crippen molar-refractivity contribution in [2.45, 2.75) is 79.5 Å². The number of para-hydroxylation sites is 1. The van der Waals surface area contributed by atoms with E-state index in [4.69, 9.17) is 24.0 Å². The molecule has 0 unspecified atom stereocenters. The minimum atomic E-state index is -0.594. The first-order chi connectivity index (χ1) is 24.4. The lowest BCUT2D eigenvalue weighted by atomic mass is 9.98. The third kappa shape index (κ3) is 8.56. The maximum absolute atomic E-state index is 13.9. The summed E-state index contributed by atoms with van der Waals surface area (Å²) in [4.78, 5) is 28.3. The standard InChI is InChI=1S/C41H52N4O6/c1-9-49-39(46)38-33(21-14-26-50-35-22-12-17-30-16-10-11-18-31(30)35)32-19-13-20-34(36-28(2)42-45(29(36)3)25-27-48-8)37(32)44(38)24-15-23-43(7)40(47)51-41(4,5)6/h10-13,16-20,22H,9,14-15,21,23-27H2,1-8H3. The van der Waals surface area contributed by atoms with Crippen molar-refractivity contribution in [3.05, 3.63) is 83.3 Å². The summed E-state index contributed by atoms with van der Waals surface area (Å²) in [5, 5.41) is 8.05. The summed E-state index contributed by atoms with van der Waals surface area (Å²) in [5.41, 5.74) is 5.76. The van der Waals surface area contributed by atoms with E-state index < -0.39 is 5.60 Å². The van der Waals surface area contributed by atoms with Gasteiger partial charge in [0.05, 0.1) is 37.6 Å². The predicted octanol–water partition coefficient (Wildman–Crippen LogP) is 8.37. The lowest BCUT2D eigenvalue weighted by Gasteiger charge is -2.24. The minimum absolute atomic E-state index is 0.253. The predicted molar refractivity (Wildman–Crippen MR) is 202 cm³/mol. The second-order valence-electron chi connectivity index (χ2n) is 13.8. The number of nitrogens with zero attached hydrogens (tertiary/aromatic N) is 4. The van der Waals surface area contributed by atoms with Gasteiger partial charge in [0.2, 0.25) is 0 Å². The topological polar surface area (TPSA) is 97.0 Å². The highest BCUT2D eigenvalue weighted by Crippen LogP contribution is 2.38. The summed E-state index contributed by atoms with van der Waals surface area (Å²) in [5.74, 6) is 0.475. The molecule has 1 amide bonds. The Morgan fingerprint density at radius 3 is 2.37 bits per heavy atom. The van der Waals surface area contributed by atoms with E-state index in [-0.39, 0.29) is 18.7 Å².